The van der Waals surface area contributed by atoms with Crippen LogP contribution in [0.1, 0.15) is 33.4 Å². The van der Waals surface area contributed by atoms with Crippen LogP contribution in [0.3, 0.4) is 0 Å². The molecule has 2 rings (SSSR count). The first-order valence-electron chi connectivity index (χ1n) is 9.22. The van der Waals surface area contributed by atoms with Gasteiger partial charge in [-0.25, -0.2) is 0 Å². The van der Waals surface area contributed by atoms with Crippen molar-refractivity contribution in [2.75, 3.05) is 36.8 Å². The summed E-state index contributed by atoms with van der Waals surface area (Å²) in [5, 5.41) is 10.6. The van der Waals surface area contributed by atoms with E-state index in [0.717, 1.165) is 26.2 Å². The van der Waals surface area contributed by atoms with Gasteiger partial charge in [0.1, 0.15) is 0 Å². The molecular formula is C22H33Cl2N3Pd. The van der Waals surface area contributed by atoms with E-state index in [1.54, 1.807) is 0 Å². The molecule has 0 aliphatic heterocycles. The molecule has 0 radical (unpaired) electrons. The molecule has 6 heteroatoms. The van der Waals surface area contributed by atoms with E-state index >= 15 is 0 Å². The molecule has 0 atom stereocenters. The number of nitrogens with one attached hydrogen (secondary N) is 3. The van der Waals surface area contributed by atoms with E-state index in [-0.39, 0.29) is 45.2 Å². The third-order valence-corrected chi connectivity index (χ3v) is 4.56. The van der Waals surface area contributed by atoms with Crippen LogP contribution in [0, 0.1) is 41.5 Å². The molecule has 160 valence electrons. The van der Waals surface area contributed by atoms with E-state index in [4.69, 9.17) is 0 Å². The zero-order valence-corrected chi connectivity index (χ0v) is 20.8. The molecule has 0 saturated heterocycles. The summed E-state index contributed by atoms with van der Waals surface area (Å²) in [7, 11) is 0. The molecule has 2 aromatic carbocycles. The van der Waals surface area contributed by atoms with E-state index < -0.39 is 0 Å². The van der Waals surface area contributed by atoms with Crippen LogP contribution in [0.25, 0.3) is 0 Å². The zero-order chi connectivity index (χ0) is 18.4. The molecule has 0 bridgehead atoms. The smallest absolute Gasteiger partial charge is 1.00 e. The number of anilines is 2. The molecule has 0 heterocycles. The van der Waals surface area contributed by atoms with Crippen molar-refractivity contribution in [3.63, 3.8) is 0 Å². The normalized spacial score (nSPS) is 9.64. The molecule has 3 nitrogen and oxygen atoms in total. The Morgan fingerprint density at radius 2 is 0.821 bits per heavy atom. The molecule has 0 amide bonds. The van der Waals surface area contributed by atoms with Crippen LogP contribution < -0.4 is 40.8 Å². The Kier molecular flexibility index (Phi) is 15.0. The Bertz CT molecular complexity index is 628. The largest absolute Gasteiger partial charge is 2.00 e. The first-order chi connectivity index (χ1) is 11.9. The Labute approximate surface area is 197 Å². The number of hydrogen-bond acceptors (Lipinski definition) is 3. The van der Waals surface area contributed by atoms with E-state index in [9.17, 15) is 0 Å². The zero-order valence-electron chi connectivity index (χ0n) is 17.7. The molecule has 2 aromatic rings. The number of benzene rings is 2. The summed E-state index contributed by atoms with van der Waals surface area (Å²) in [6.45, 7) is 16.8. The summed E-state index contributed by atoms with van der Waals surface area (Å²) >= 11 is 0. The van der Waals surface area contributed by atoms with Crippen LogP contribution in [0.4, 0.5) is 11.4 Å². The topological polar surface area (TPSA) is 36.1 Å². The van der Waals surface area contributed by atoms with Crippen molar-refractivity contribution in [1.29, 1.82) is 0 Å². The van der Waals surface area contributed by atoms with E-state index in [0.29, 0.717) is 0 Å². The third kappa shape index (κ3) is 8.72. The van der Waals surface area contributed by atoms with Crippen molar-refractivity contribution < 1.29 is 45.2 Å². The van der Waals surface area contributed by atoms with Crippen LogP contribution in [0.2, 0.25) is 0 Å². The van der Waals surface area contributed by atoms with Crippen molar-refractivity contribution in [2.24, 2.45) is 0 Å². The van der Waals surface area contributed by atoms with Crippen LogP contribution in [-0.2, 0) is 20.4 Å². The molecule has 3 N–H and O–H groups in total. The first-order valence-corrected chi connectivity index (χ1v) is 9.22. The van der Waals surface area contributed by atoms with Gasteiger partial charge in [0.2, 0.25) is 0 Å². The number of hydrogen-bond donors (Lipinski definition) is 3. The maximum Gasteiger partial charge on any atom is 2.00 e. The van der Waals surface area contributed by atoms with Crippen LogP contribution in [0.15, 0.2) is 24.3 Å². The summed E-state index contributed by atoms with van der Waals surface area (Å²) in [6, 6.07) is 8.94. The van der Waals surface area contributed by atoms with Gasteiger partial charge in [-0.3, -0.25) is 0 Å². The van der Waals surface area contributed by atoms with Gasteiger partial charge in [0, 0.05) is 37.6 Å². The predicted octanol–water partition coefficient (Wildman–Crippen LogP) is -1.34. The number of rotatable bonds is 8. The fraction of sp³-hybridized carbons (Fsp3) is 0.455. The minimum Gasteiger partial charge on any atom is -1.00 e. The average molecular weight is 517 g/mol. The van der Waals surface area contributed by atoms with E-state index in [1.165, 1.54) is 44.8 Å². The van der Waals surface area contributed by atoms with Gasteiger partial charge in [-0.05, 0) is 63.8 Å². The number of halogens is 2. The number of aryl methyl sites for hydroxylation is 6. The summed E-state index contributed by atoms with van der Waals surface area (Å²) in [5.41, 5.74) is 10.5. The summed E-state index contributed by atoms with van der Waals surface area (Å²) in [5.74, 6) is 0. The van der Waals surface area contributed by atoms with Crippen molar-refractivity contribution >= 4 is 11.4 Å². The van der Waals surface area contributed by atoms with E-state index in [1.807, 2.05) is 0 Å². The van der Waals surface area contributed by atoms with Gasteiger partial charge in [-0.1, -0.05) is 35.4 Å². The molecule has 28 heavy (non-hydrogen) atoms. The molecule has 0 aliphatic carbocycles. The van der Waals surface area contributed by atoms with Gasteiger partial charge < -0.3 is 40.8 Å². The van der Waals surface area contributed by atoms with Gasteiger partial charge in [0.05, 0.1) is 0 Å². The van der Waals surface area contributed by atoms with Crippen LogP contribution >= 0.6 is 0 Å². The Morgan fingerprint density at radius 3 is 1.11 bits per heavy atom. The Morgan fingerprint density at radius 1 is 0.536 bits per heavy atom. The SMILES string of the molecule is Cc1cc(C)c(NCCNCCNc2c(C)cc(C)cc2C)c(C)c1.[Cl-].[Cl-].[Pd+2]. The minimum atomic E-state index is 0. The quantitative estimate of drug-likeness (QED) is 0.300. The van der Waals surface area contributed by atoms with Gasteiger partial charge in [0.25, 0.3) is 0 Å². The fourth-order valence-corrected chi connectivity index (χ4v) is 3.59. The summed E-state index contributed by atoms with van der Waals surface area (Å²) < 4.78 is 0. The molecular weight excluding hydrogens is 484 g/mol. The summed E-state index contributed by atoms with van der Waals surface area (Å²) in [6.07, 6.45) is 0. The first kappa shape index (κ1) is 29.4. The second kappa shape index (κ2) is 14.3. The van der Waals surface area contributed by atoms with Crippen molar-refractivity contribution in [1.82, 2.24) is 5.32 Å². The van der Waals surface area contributed by atoms with Crippen molar-refractivity contribution in [3.05, 3.63) is 57.6 Å². The van der Waals surface area contributed by atoms with Crippen molar-refractivity contribution in [2.45, 2.75) is 41.5 Å². The third-order valence-electron chi connectivity index (χ3n) is 4.56. The fourth-order valence-electron chi connectivity index (χ4n) is 3.59. The van der Waals surface area contributed by atoms with Gasteiger partial charge >= 0.3 is 20.4 Å². The van der Waals surface area contributed by atoms with Gasteiger partial charge in [-0.15, -0.1) is 0 Å². The second-order valence-electron chi connectivity index (χ2n) is 7.15. The predicted molar refractivity (Wildman–Crippen MR) is 111 cm³/mol. The Hall–Kier alpha value is -0.758. The maximum absolute atomic E-state index is 3.56. The van der Waals surface area contributed by atoms with Gasteiger partial charge in [-0.2, -0.15) is 0 Å². The summed E-state index contributed by atoms with van der Waals surface area (Å²) in [4.78, 5) is 0. The maximum atomic E-state index is 3.56. The minimum absolute atomic E-state index is 0. The standard InChI is InChI=1S/C22H33N3.2ClH.Pd/c1-15-11-17(3)21(18(4)12-15)24-9-7-23-8-10-25-22-19(5)13-16(2)14-20(22)6;;;/h11-14,23-25H,7-10H2,1-6H3;2*1H;/q;;;+2/p-2. The second-order valence-corrected chi connectivity index (χ2v) is 7.15. The molecule has 0 aromatic heterocycles. The average Bonchev–Trinajstić information content (AvgIpc) is 2.50. The van der Waals surface area contributed by atoms with Crippen LogP contribution in [0.5, 0.6) is 0 Å². The molecule has 0 spiro atoms. The van der Waals surface area contributed by atoms with E-state index in [2.05, 4.69) is 81.8 Å². The van der Waals surface area contributed by atoms with Gasteiger partial charge in [0.15, 0.2) is 0 Å². The van der Waals surface area contributed by atoms with Crippen molar-refractivity contribution in [3.8, 4) is 0 Å². The van der Waals surface area contributed by atoms with Crippen LogP contribution in [-0.4, -0.2) is 26.2 Å². The molecule has 0 fully saturated rings. The monoisotopic (exact) mass is 515 g/mol. The molecule has 0 unspecified atom stereocenters. The Balaban J connectivity index is 0. The molecule has 0 aliphatic rings. The molecule has 0 saturated carbocycles.